The average molecular weight is 198 g/mol. The molecule has 0 amide bonds. The van der Waals surface area contributed by atoms with E-state index in [2.05, 4.69) is 16.5 Å². The second kappa shape index (κ2) is 3.27. The molecule has 2 rings (SSSR count). The van der Waals surface area contributed by atoms with E-state index in [0.717, 1.165) is 16.4 Å². The van der Waals surface area contributed by atoms with Gasteiger partial charge in [0.25, 0.3) is 0 Å². The van der Waals surface area contributed by atoms with Crippen LogP contribution in [0.4, 0.5) is 0 Å². The van der Waals surface area contributed by atoms with Gasteiger partial charge in [0.05, 0.1) is 12.3 Å². The molecular weight excluding hydrogens is 184 g/mol. The molecule has 0 aliphatic heterocycles. The molecule has 0 bridgehead atoms. The summed E-state index contributed by atoms with van der Waals surface area (Å²) in [5.41, 5.74) is 0.905. The van der Waals surface area contributed by atoms with Crippen molar-refractivity contribution in [1.29, 1.82) is 0 Å². The van der Waals surface area contributed by atoms with Crippen molar-refractivity contribution < 1.29 is 5.11 Å². The molecule has 0 aromatic carbocycles. The average Bonchev–Trinajstić information content (AvgIpc) is 2.41. The van der Waals surface area contributed by atoms with Crippen molar-refractivity contribution in [2.45, 2.75) is 32.4 Å². The van der Waals surface area contributed by atoms with Crippen molar-refractivity contribution in [2.75, 3.05) is 0 Å². The van der Waals surface area contributed by atoms with E-state index in [-0.39, 0.29) is 6.61 Å². The van der Waals surface area contributed by atoms with Crippen LogP contribution in [0.5, 0.6) is 0 Å². The fourth-order valence-electron chi connectivity index (χ4n) is 2.01. The standard InChI is InChI=1S/C9H14N2OS/c1-6-2-7(3-6)11-8(5-12)4-10-9(11)13/h4,6-7,12H,2-3,5H2,1H3,(H,10,13). The van der Waals surface area contributed by atoms with Gasteiger partial charge in [0, 0.05) is 12.2 Å². The second-order valence-corrected chi connectivity index (χ2v) is 4.23. The van der Waals surface area contributed by atoms with Gasteiger partial charge in [0.15, 0.2) is 4.77 Å². The van der Waals surface area contributed by atoms with Crippen molar-refractivity contribution >= 4 is 12.2 Å². The molecule has 1 heterocycles. The van der Waals surface area contributed by atoms with Crippen LogP contribution in [-0.2, 0) is 6.61 Å². The molecule has 2 N–H and O–H groups in total. The Morgan fingerprint density at radius 3 is 2.92 bits per heavy atom. The van der Waals surface area contributed by atoms with E-state index in [4.69, 9.17) is 17.3 Å². The zero-order chi connectivity index (χ0) is 9.42. The van der Waals surface area contributed by atoms with E-state index < -0.39 is 0 Å². The summed E-state index contributed by atoms with van der Waals surface area (Å²) in [5, 5.41) is 9.08. The maximum Gasteiger partial charge on any atom is 0.177 e. The first-order valence-electron chi connectivity index (χ1n) is 4.62. The van der Waals surface area contributed by atoms with Crippen LogP contribution in [0.15, 0.2) is 6.20 Å². The number of aromatic amines is 1. The number of nitrogens with zero attached hydrogens (tertiary/aromatic N) is 1. The van der Waals surface area contributed by atoms with Gasteiger partial charge in [0.1, 0.15) is 0 Å². The molecule has 3 nitrogen and oxygen atoms in total. The Kier molecular flexibility index (Phi) is 2.26. The van der Waals surface area contributed by atoms with Crippen LogP contribution < -0.4 is 0 Å². The molecule has 1 aromatic heterocycles. The number of H-pyrrole nitrogens is 1. The lowest BCUT2D eigenvalue weighted by atomic mass is 9.81. The molecule has 1 aromatic rings. The van der Waals surface area contributed by atoms with Gasteiger partial charge >= 0.3 is 0 Å². The van der Waals surface area contributed by atoms with E-state index in [0.29, 0.717) is 6.04 Å². The minimum absolute atomic E-state index is 0.0675. The van der Waals surface area contributed by atoms with Crippen molar-refractivity contribution in [2.24, 2.45) is 5.92 Å². The van der Waals surface area contributed by atoms with E-state index in [1.165, 1.54) is 12.8 Å². The Hall–Kier alpha value is -0.610. The highest BCUT2D eigenvalue weighted by Crippen LogP contribution is 2.38. The van der Waals surface area contributed by atoms with E-state index in [1.807, 2.05) is 0 Å². The number of imidazole rings is 1. The fraction of sp³-hybridized carbons (Fsp3) is 0.667. The summed E-state index contributed by atoms with van der Waals surface area (Å²) < 4.78 is 2.79. The summed E-state index contributed by atoms with van der Waals surface area (Å²) in [6.07, 6.45) is 4.16. The Morgan fingerprint density at radius 2 is 2.38 bits per heavy atom. The summed E-state index contributed by atoms with van der Waals surface area (Å²) in [5.74, 6) is 0.799. The van der Waals surface area contributed by atoms with E-state index in [9.17, 15) is 0 Å². The molecule has 1 fully saturated rings. The lowest BCUT2D eigenvalue weighted by molar-refractivity contribution is 0.195. The molecule has 0 radical (unpaired) electrons. The van der Waals surface area contributed by atoms with Crippen molar-refractivity contribution in [3.05, 3.63) is 16.7 Å². The first-order chi connectivity index (χ1) is 6.22. The molecule has 1 aliphatic rings. The summed E-state index contributed by atoms with van der Waals surface area (Å²) >= 11 is 5.15. The highest BCUT2D eigenvalue weighted by Gasteiger charge is 2.28. The summed E-state index contributed by atoms with van der Waals surface area (Å²) in [6, 6.07) is 0.510. The van der Waals surface area contributed by atoms with Crippen LogP contribution in [0.25, 0.3) is 0 Å². The van der Waals surface area contributed by atoms with Crippen molar-refractivity contribution in [3.63, 3.8) is 0 Å². The normalized spacial score (nSPS) is 27.2. The summed E-state index contributed by atoms with van der Waals surface area (Å²) in [6.45, 7) is 2.31. The van der Waals surface area contributed by atoms with Crippen LogP contribution in [0.1, 0.15) is 31.5 Å². The Morgan fingerprint density at radius 1 is 1.69 bits per heavy atom. The third-order valence-corrected chi connectivity index (χ3v) is 3.08. The number of aromatic nitrogens is 2. The molecule has 4 heteroatoms. The van der Waals surface area contributed by atoms with Crippen LogP contribution in [0.2, 0.25) is 0 Å². The first-order valence-corrected chi connectivity index (χ1v) is 5.03. The number of rotatable bonds is 2. The van der Waals surface area contributed by atoms with Gasteiger partial charge in [-0.1, -0.05) is 6.92 Å². The molecule has 1 aliphatic carbocycles. The second-order valence-electron chi connectivity index (χ2n) is 3.84. The molecule has 13 heavy (non-hydrogen) atoms. The van der Waals surface area contributed by atoms with Crippen LogP contribution in [0.3, 0.4) is 0 Å². The van der Waals surface area contributed by atoms with Gasteiger partial charge in [-0.05, 0) is 31.0 Å². The number of hydrogen-bond donors (Lipinski definition) is 2. The minimum Gasteiger partial charge on any atom is -0.390 e. The van der Waals surface area contributed by atoms with Gasteiger partial charge in [-0.25, -0.2) is 0 Å². The third-order valence-electron chi connectivity index (χ3n) is 2.77. The van der Waals surface area contributed by atoms with Gasteiger partial charge in [-0.2, -0.15) is 0 Å². The van der Waals surface area contributed by atoms with Gasteiger partial charge < -0.3 is 14.7 Å². The number of hydrogen-bond acceptors (Lipinski definition) is 2. The molecular formula is C9H14N2OS. The Balaban J connectivity index is 2.28. The number of aliphatic hydroxyl groups is 1. The SMILES string of the molecule is CC1CC(n2c(CO)c[nH]c2=S)C1. The van der Waals surface area contributed by atoms with E-state index in [1.54, 1.807) is 6.20 Å². The highest BCUT2D eigenvalue weighted by atomic mass is 32.1. The predicted molar refractivity (Wildman–Crippen MR) is 53.0 cm³/mol. The van der Waals surface area contributed by atoms with Crippen molar-refractivity contribution in [1.82, 2.24) is 9.55 Å². The van der Waals surface area contributed by atoms with E-state index >= 15 is 0 Å². The van der Waals surface area contributed by atoms with Crippen LogP contribution >= 0.6 is 12.2 Å². The smallest absolute Gasteiger partial charge is 0.177 e. The largest absolute Gasteiger partial charge is 0.390 e. The molecule has 72 valence electrons. The van der Waals surface area contributed by atoms with Crippen molar-refractivity contribution in [3.8, 4) is 0 Å². The highest BCUT2D eigenvalue weighted by molar-refractivity contribution is 7.71. The molecule has 0 saturated heterocycles. The number of nitrogens with one attached hydrogen (secondary N) is 1. The van der Waals surface area contributed by atoms with Gasteiger partial charge in [0.2, 0.25) is 0 Å². The fourth-order valence-corrected chi connectivity index (χ4v) is 2.33. The predicted octanol–water partition coefficient (Wildman–Crippen LogP) is 2.01. The number of aliphatic hydroxyl groups excluding tert-OH is 1. The van der Waals surface area contributed by atoms with Crippen LogP contribution in [-0.4, -0.2) is 14.7 Å². The van der Waals surface area contributed by atoms with Crippen LogP contribution in [0, 0.1) is 10.7 Å². The van der Waals surface area contributed by atoms with Gasteiger partial charge in [-0.3, -0.25) is 0 Å². The summed E-state index contributed by atoms with van der Waals surface area (Å²) in [7, 11) is 0. The summed E-state index contributed by atoms with van der Waals surface area (Å²) in [4.78, 5) is 2.97. The maximum absolute atomic E-state index is 9.08. The quantitative estimate of drug-likeness (QED) is 0.714. The molecule has 1 saturated carbocycles. The Bertz CT molecular complexity index is 349. The Labute approximate surface area is 82.4 Å². The lowest BCUT2D eigenvalue weighted by Crippen LogP contribution is -2.26. The molecule has 0 atom stereocenters. The molecule has 0 unspecified atom stereocenters. The topological polar surface area (TPSA) is 41.0 Å². The lowest BCUT2D eigenvalue weighted by Gasteiger charge is -2.34. The van der Waals surface area contributed by atoms with Gasteiger partial charge in [-0.15, -0.1) is 0 Å². The third kappa shape index (κ3) is 1.44. The first kappa shape index (κ1) is 8.97. The minimum atomic E-state index is 0.0675. The molecule has 0 spiro atoms. The zero-order valence-corrected chi connectivity index (χ0v) is 8.47. The maximum atomic E-state index is 9.08. The monoisotopic (exact) mass is 198 g/mol. The zero-order valence-electron chi connectivity index (χ0n) is 7.66.